The van der Waals surface area contributed by atoms with Crippen LogP contribution in [0.4, 0.5) is 0 Å². The Bertz CT molecular complexity index is 524. The van der Waals surface area contributed by atoms with Gasteiger partial charge in [-0.25, -0.2) is 4.98 Å². The molecule has 2 aliphatic rings. The molecule has 5 heteroatoms. The number of rotatable bonds is 5. The van der Waals surface area contributed by atoms with Gasteiger partial charge in [-0.1, -0.05) is 12.8 Å². The smallest absolute Gasteiger partial charge is 0.251 e. The Hall–Kier alpha value is -1.20. The van der Waals surface area contributed by atoms with E-state index in [-0.39, 0.29) is 5.56 Å². The van der Waals surface area contributed by atoms with Crippen LogP contribution >= 0.6 is 0 Å². The van der Waals surface area contributed by atoms with Crippen LogP contribution in [0.25, 0.3) is 0 Å². The maximum absolute atomic E-state index is 11.9. The number of nitrogens with one attached hydrogen (secondary N) is 1. The zero-order chi connectivity index (χ0) is 16.1. The first-order chi connectivity index (χ1) is 11.2. The Labute approximate surface area is 139 Å². The monoisotopic (exact) mass is 318 g/mol. The van der Waals surface area contributed by atoms with Gasteiger partial charge in [0.05, 0.1) is 0 Å². The van der Waals surface area contributed by atoms with Crippen molar-refractivity contribution in [2.24, 2.45) is 0 Å². The van der Waals surface area contributed by atoms with Crippen LogP contribution in [0.2, 0.25) is 0 Å². The summed E-state index contributed by atoms with van der Waals surface area (Å²) in [5.74, 6) is 1.19. The number of aryl methyl sites for hydroxylation is 1. The predicted octanol–water partition coefficient (Wildman–Crippen LogP) is 2.13. The van der Waals surface area contributed by atoms with E-state index in [1.54, 1.807) is 6.07 Å². The van der Waals surface area contributed by atoms with E-state index < -0.39 is 0 Å². The maximum atomic E-state index is 11.9. The van der Waals surface area contributed by atoms with Crippen molar-refractivity contribution in [1.29, 1.82) is 0 Å². The quantitative estimate of drug-likeness (QED) is 0.904. The van der Waals surface area contributed by atoms with Gasteiger partial charge >= 0.3 is 0 Å². The lowest BCUT2D eigenvalue weighted by Crippen LogP contribution is -2.40. The van der Waals surface area contributed by atoms with E-state index in [2.05, 4.69) is 19.8 Å². The largest absolute Gasteiger partial charge is 0.310 e. The molecule has 2 aliphatic heterocycles. The van der Waals surface area contributed by atoms with Crippen LogP contribution in [0.1, 0.15) is 56.0 Å². The van der Waals surface area contributed by atoms with Crippen LogP contribution in [0, 0.1) is 6.92 Å². The van der Waals surface area contributed by atoms with E-state index in [1.165, 1.54) is 64.7 Å². The predicted molar refractivity (Wildman–Crippen MR) is 92.9 cm³/mol. The van der Waals surface area contributed by atoms with Crippen molar-refractivity contribution in [2.45, 2.75) is 51.4 Å². The molecule has 0 saturated carbocycles. The van der Waals surface area contributed by atoms with E-state index >= 15 is 0 Å². The van der Waals surface area contributed by atoms with Gasteiger partial charge in [0.2, 0.25) is 0 Å². The number of aromatic nitrogens is 2. The fourth-order valence-corrected chi connectivity index (χ4v) is 3.93. The molecule has 128 valence electrons. The summed E-state index contributed by atoms with van der Waals surface area (Å²) in [4.78, 5) is 24.7. The first kappa shape index (κ1) is 16.7. The lowest BCUT2D eigenvalue weighted by Gasteiger charge is -2.34. The van der Waals surface area contributed by atoms with E-state index in [4.69, 9.17) is 0 Å². The van der Waals surface area contributed by atoms with Gasteiger partial charge in [0.1, 0.15) is 5.82 Å². The van der Waals surface area contributed by atoms with E-state index in [9.17, 15) is 4.79 Å². The Morgan fingerprint density at radius 3 is 2.00 bits per heavy atom. The van der Waals surface area contributed by atoms with E-state index in [1.807, 2.05) is 6.92 Å². The van der Waals surface area contributed by atoms with Crippen molar-refractivity contribution in [3.05, 3.63) is 27.9 Å². The average molecular weight is 318 g/mol. The third kappa shape index (κ3) is 4.88. The standard InChI is InChI=1S/C18H30N4O/c1-15-12-17(23)20-18(19-15)16(13-21-8-4-2-5-9-21)14-22-10-6-3-7-11-22/h12,16H,2-11,13-14H2,1H3,(H,19,20,23). The van der Waals surface area contributed by atoms with Crippen LogP contribution in [0.5, 0.6) is 0 Å². The van der Waals surface area contributed by atoms with Crippen molar-refractivity contribution in [2.75, 3.05) is 39.3 Å². The molecule has 1 aromatic heterocycles. The molecule has 0 aliphatic carbocycles. The fourth-order valence-electron chi connectivity index (χ4n) is 3.93. The van der Waals surface area contributed by atoms with Crippen LogP contribution < -0.4 is 5.56 Å². The molecule has 0 aromatic carbocycles. The van der Waals surface area contributed by atoms with Gasteiger partial charge in [-0.15, -0.1) is 0 Å². The molecule has 0 atom stereocenters. The summed E-state index contributed by atoms with van der Waals surface area (Å²) in [6, 6.07) is 1.59. The maximum Gasteiger partial charge on any atom is 0.251 e. The summed E-state index contributed by atoms with van der Waals surface area (Å²) in [5, 5.41) is 0. The van der Waals surface area contributed by atoms with Crippen LogP contribution in [0.3, 0.4) is 0 Å². The molecule has 0 amide bonds. The van der Waals surface area contributed by atoms with Gasteiger partial charge in [-0.05, 0) is 58.8 Å². The van der Waals surface area contributed by atoms with Crippen LogP contribution in [-0.4, -0.2) is 59.0 Å². The molecule has 0 bridgehead atoms. The summed E-state index contributed by atoms with van der Waals surface area (Å²) in [5.41, 5.74) is 0.806. The van der Waals surface area contributed by atoms with Gasteiger partial charge in [0.25, 0.3) is 5.56 Å². The summed E-state index contributed by atoms with van der Waals surface area (Å²) in [6.07, 6.45) is 7.91. The van der Waals surface area contributed by atoms with Gasteiger partial charge in [0, 0.05) is 30.8 Å². The zero-order valence-corrected chi connectivity index (χ0v) is 14.4. The fraction of sp³-hybridized carbons (Fsp3) is 0.778. The number of hydrogen-bond acceptors (Lipinski definition) is 4. The van der Waals surface area contributed by atoms with Crippen LogP contribution in [-0.2, 0) is 0 Å². The molecule has 1 aromatic rings. The average Bonchev–Trinajstić information content (AvgIpc) is 2.55. The number of aromatic amines is 1. The number of nitrogens with zero attached hydrogens (tertiary/aromatic N) is 3. The second-order valence-electron chi connectivity index (χ2n) is 7.19. The number of piperidine rings is 2. The van der Waals surface area contributed by atoms with Gasteiger partial charge in [-0.2, -0.15) is 0 Å². The third-order valence-corrected chi connectivity index (χ3v) is 5.13. The first-order valence-electron chi connectivity index (χ1n) is 9.23. The lowest BCUT2D eigenvalue weighted by molar-refractivity contribution is 0.168. The Kier molecular flexibility index (Phi) is 5.84. The van der Waals surface area contributed by atoms with E-state index in [0.29, 0.717) is 5.92 Å². The molecule has 3 heterocycles. The highest BCUT2D eigenvalue weighted by molar-refractivity contribution is 5.06. The molecule has 5 nitrogen and oxygen atoms in total. The Morgan fingerprint density at radius 2 is 1.52 bits per heavy atom. The summed E-state index contributed by atoms with van der Waals surface area (Å²) in [6.45, 7) is 8.70. The van der Waals surface area contributed by atoms with Crippen molar-refractivity contribution < 1.29 is 0 Å². The minimum absolute atomic E-state index is 0.0187. The van der Waals surface area contributed by atoms with Gasteiger partial charge in [-0.3, -0.25) is 4.79 Å². The highest BCUT2D eigenvalue weighted by atomic mass is 16.1. The van der Waals surface area contributed by atoms with Crippen molar-refractivity contribution in [1.82, 2.24) is 19.8 Å². The minimum atomic E-state index is -0.0187. The molecular weight excluding hydrogens is 288 g/mol. The molecule has 0 unspecified atom stereocenters. The third-order valence-electron chi connectivity index (χ3n) is 5.13. The molecule has 1 N–H and O–H groups in total. The molecule has 2 fully saturated rings. The topological polar surface area (TPSA) is 52.2 Å². The zero-order valence-electron chi connectivity index (χ0n) is 14.4. The number of likely N-dealkylation sites (tertiary alicyclic amines) is 2. The molecule has 0 radical (unpaired) electrons. The normalized spacial score (nSPS) is 21.0. The van der Waals surface area contributed by atoms with E-state index in [0.717, 1.165) is 24.6 Å². The molecule has 0 spiro atoms. The van der Waals surface area contributed by atoms with Crippen molar-refractivity contribution in [3.63, 3.8) is 0 Å². The lowest BCUT2D eigenvalue weighted by atomic mass is 10.0. The summed E-state index contributed by atoms with van der Waals surface area (Å²) >= 11 is 0. The highest BCUT2D eigenvalue weighted by Gasteiger charge is 2.23. The van der Waals surface area contributed by atoms with Gasteiger partial charge in [0.15, 0.2) is 0 Å². The Morgan fingerprint density at radius 1 is 1.00 bits per heavy atom. The molecule has 23 heavy (non-hydrogen) atoms. The SMILES string of the molecule is Cc1cc(=O)[nH]c(C(CN2CCCCC2)CN2CCCCC2)n1. The summed E-state index contributed by atoms with van der Waals surface area (Å²) in [7, 11) is 0. The Balaban J connectivity index is 1.74. The van der Waals surface area contributed by atoms with Crippen molar-refractivity contribution in [3.8, 4) is 0 Å². The van der Waals surface area contributed by atoms with Gasteiger partial charge < -0.3 is 14.8 Å². The number of H-pyrrole nitrogens is 1. The highest BCUT2D eigenvalue weighted by Crippen LogP contribution is 2.20. The first-order valence-corrected chi connectivity index (χ1v) is 9.23. The molecular formula is C18H30N4O. The minimum Gasteiger partial charge on any atom is -0.310 e. The second kappa shape index (κ2) is 8.06. The van der Waals surface area contributed by atoms with Crippen LogP contribution in [0.15, 0.2) is 10.9 Å². The van der Waals surface area contributed by atoms with Crippen molar-refractivity contribution >= 4 is 0 Å². The second-order valence-corrected chi connectivity index (χ2v) is 7.19. The summed E-state index contributed by atoms with van der Waals surface area (Å²) < 4.78 is 0. The molecule has 2 saturated heterocycles. The number of hydrogen-bond donors (Lipinski definition) is 1. The molecule has 3 rings (SSSR count).